The van der Waals surface area contributed by atoms with E-state index in [1.165, 1.54) is 199 Å². The van der Waals surface area contributed by atoms with Gasteiger partial charge >= 0.3 is 0 Å². The Morgan fingerprint density at radius 2 is 0.522 bits per heavy atom. The van der Waals surface area contributed by atoms with Crippen LogP contribution in [-0.4, -0.2) is 8.80 Å². The predicted molar refractivity (Wildman–Crippen MR) is 390 cm³/mol. The van der Waals surface area contributed by atoms with Crippen LogP contribution >= 0.6 is 0 Å². The molecule has 0 spiro atoms. The number of para-hydroxylation sites is 2. The zero-order chi connectivity index (χ0) is 62.6. The average molecular weight is 1170 g/mol. The van der Waals surface area contributed by atoms with Crippen LogP contribution in [0.15, 0.2) is 182 Å². The van der Waals surface area contributed by atoms with Crippen molar-refractivity contribution in [3.63, 3.8) is 0 Å². The van der Waals surface area contributed by atoms with Gasteiger partial charge in [-0.15, -0.1) is 0 Å². The number of anilines is 6. The summed E-state index contributed by atoms with van der Waals surface area (Å²) in [4.78, 5) is 5.15. The van der Waals surface area contributed by atoms with E-state index in [0.717, 1.165) is 0 Å². The molecule has 0 radical (unpaired) electrons. The first-order valence-corrected chi connectivity index (χ1v) is 32.9. The van der Waals surface area contributed by atoms with Crippen LogP contribution in [0.1, 0.15) is 146 Å². The number of hydrogen-bond donors (Lipinski definition) is 0. The number of benzene rings is 11. The van der Waals surface area contributed by atoms with Crippen LogP contribution in [-0.2, 0) is 0 Å². The molecule has 0 unspecified atom stereocenters. The lowest BCUT2D eigenvalue weighted by atomic mass is 9.89. The summed E-state index contributed by atoms with van der Waals surface area (Å²) in [5.41, 5.74) is 35.6. The maximum absolute atomic E-state index is 2.67. The summed E-state index contributed by atoms with van der Waals surface area (Å²) in [6, 6.07) is 70.5. The maximum Gasteiger partial charge on any atom is 0.0634 e. The Morgan fingerprint density at radius 3 is 0.789 bits per heavy atom. The molecule has 0 N–H and O–H groups in total. The van der Waals surface area contributed by atoms with Crippen molar-refractivity contribution < 1.29 is 0 Å². The molecule has 90 heavy (non-hydrogen) atoms. The second kappa shape index (κ2) is 21.1. The first-order valence-electron chi connectivity index (χ1n) is 32.9. The van der Waals surface area contributed by atoms with E-state index in [9.17, 15) is 0 Å². The van der Waals surface area contributed by atoms with E-state index in [0.29, 0.717) is 23.7 Å². The van der Waals surface area contributed by atoms with Gasteiger partial charge in [0, 0.05) is 77.0 Å². The van der Waals surface area contributed by atoms with Crippen LogP contribution in [0.25, 0.3) is 98.4 Å². The predicted octanol–water partition coefficient (Wildman–Crippen LogP) is 25.2. The molecule has 0 fully saturated rings. The standard InChI is InChI=1S/C86H82N4/c1-47(2)73-51(9)39-61(40-52(73)10)87(62-41-53(11)74(48(3)4)54(12)42-62)69-35-25-37-71-79(69)65-31-23-33-67-81-78(60-29-21-18-22-30-60)86-82(77(59-27-19-17-20-28-59)85(81)89(71)83(65)67)68-34-24-32-66-80-70(36-26-38-72(80)90(86)84(66)68)88(63-43-55(13)75(49(5)6)56(14)44-63)64-45-57(15)76(50(7)8)58(16)46-64/h17-50H,1-16H3. The van der Waals surface area contributed by atoms with Crippen LogP contribution in [0, 0.1) is 55.4 Å². The third kappa shape index (κ3) is 8.32. The minimum absolute atomic E-state index is 0.414. The topological polar surface area (TPSA) is 15.3 Å². The molecule has 0 aliphatic heterocycles. The van der Waals surface area contributed by atoms with Crippen LogP contribution in [0.2, 0.25) is 0 Å². The van der Waals surface area contributed by atoms with Gasteiger partial charge in [-0.3, -0.25) is 0 Å². The Kier molecular flexibility index (Phi) is 13.4. The molecule has 4 heteroatoms. The Balaban J connectivity index is 1.10. The molecule has 0 aliphatic rings. The lowest BCUT2D eigenvalue weighted by molar-refractivity contribution is 0.844. The van der Waals surface area contributed by atoms with Crippen molar-refractivity contribution in [2.45, 2.75) is 134 Å². The van der Waals surface area contributed by atoms with E-state index in [1.807, 2.05) is 0 Å². The van der Waals surface area contributed by atoms with Gasteiger partial charge in [0.2, 0.25) is 0 Å². The average Bonchev–Trinajstić information content (AvgIpc) is 1.50. The van der Waals surface area contributed by atoms with E-state index in [-0.39, 0.29) is 0 Å². The van der Waals surface area contributed by atoms with Gasteiger partial charge in [-0.25, -0.2) is 0 Å². The van der Waals surface area contributed by atoms with Crippen LogP contribution in [0.5, 0.6) is 0 Å². The summed E-state index contributed by atoms with van der Waals surface area (Å²) in [5.74, 6) is 1.66. The van der Waals surface area contributed by atoms with E-state index in [1.54, 1.807) is 0 Å². The smallest absolute Gasteiger partial charge is 0.0634 e. The van der Waals surface area contributed by atoms with Crippen molar-refractivity contribution in [3.05, 3.63) is 249 Å². The van der Waals surface area contributed by atoms with E-state index >= 15 is 0 Å². The van der Waals surface area contributed by atoms with E-state index in [4.69, 9.17) is 0 Å². The second-order valence-corrected chi connectivity index (χ2v) is 27.6. The highest BCUT2D eigenvalue weighted by Crippen LogP contribution is 2.57. The third-order valence-corrected chi connectivity index (χ3v) is 20.3. The van der Waals surface area contributed by atoms with Crippen molar-refractivity contribution in [3.8, 4) is 22.3 Å². The molecule has 15 aromatic rings. The first-order chi connectivity index (χ1) is 43.3. The van der Waals surface area contributed by atoms with Gasteiger partial charge in [-0.2, -0.15) is 0 Å². The van der Waals surface area contributed by atoms with Gasteiger partial charge < -0.3 is 18.6 Å². The van der Waals surface area contributed by atoms with Gasteiger partial charge in [0.1, 0.15) is 0 Å². The van der Waals surface area contributed by atoms with E-state index in [2.05, 4.69) is 311 Å². The summed E-state index contributed by atoms with van der Waals surface area (Å²) in [5, 5.41) is 10.0. The quantitative estimate of drug-likeness (QED) is 0.121. The van der Waals surface area contributed by atoms with Crippen molar-refractivity contribution in [2.24, 2.45) is 0 Å². The van der Waals surface area contributed by atoms with Crippen molar-refractivity contribution >= 4 is 110 Å². The van der Waals surface area contributed by atoms with Crippen LogP contribution in [0.4, 0.5) is 34.1 Å². The fourth-order valence-electron chi connectivity index (χ4n) is 17.7. The highest BCUT2D eigenvalue weighted by molar-refractivity contribution is 6.39. The number of hydrogen-bond acceptors (Lipinski definition) is 2. The summed E-state index contributed by atoms with van der Waals surface area (Å²) in [6.07, 6.45) is 0. The first kappa shape index (κ1) is 57.1. The summed E-state index contributed by atoms with van der Waals surface area (Å²) < 4.78 is 5.35. The number of nitrogens with zero attached hydrogens (tertiary/aromatic N) is 4. The number of aryl methyl sites for hydroxylation is 8. The number of rotatable bonds is 12. The highest BCUT2D eigenvalue weighted by atomic mass is 15.2. The molecular weight excluding hydrogens is 1090 g/mol. The van der Waals surface area contributed by atoms with Crippen LogP contribution < -0.4 is 9.80 Å². The molecular formula is C86H82N4. The fraction of sp³-hybridized carbons (Fsp3) is 0.233. The van der Waals surface area contributed by atoms with Gasteiger partial charge in [0.05, 0.1) is 44.5 Å². The Hall–Kier alpha value is -9.38. The minimum Gasteiger partial charge on any atom is -0.310 e. The summed E-state index contributed by atoms with van der Waals surface area (Å²) in [6.45, 7) is 37.0. The highest BCUT2D eigenvalue weighted by Gasteiger charge is 2.33. The third-order valence-electron chi connectivity index (χ3n) is 20.3. The zero-order valence-electron chi connectivity index (χ0n) is 55.4. The lowest BCUT2D eigenvalue weighted by Gasteiger charge is -2.30. The van der Waals surface area contributed by atoms with Crippen LogP contribution in [0.3, 0.4) is 0 Å². The van der Waals surface area contributed by atoms with Gasteiger partial charge in [-0.05, 0) is 230 Å². The molecule has 0 aliphatic carbocycles. The van der Waals surface area contributed by atoms with E-state index < -0.39 is 0 Å². The SMILES string of the molecule is Cc1cc(N(c2cc(C)c(C(C)C)c(C)c2)c2cccc3c2c2cccc4c5c(-c6ccccc6)c6c(c(-c7ccccc7)c5n3c24)c2cccc3c4c(N(c5cc(C)c(C(C)C)c(C)c5)c5cc(C)c(C(C)C)c(C)c5)cccc4n6c32)cc(C)c1C(C)C. The van der Waals surface area contributed by atoms with Gasteiger partial charge in [0.15, 0.2) is 0 Å². The molecule has 0 bridgehead atoms. The largest absolute Gasteiger partial charge is 0.310 e. The van der Waals surface area contributed by atoms with Crippen molar-refractivity contribution in [1.29, 1.82) is 0 Å². The van der Waals surface area contributed by atoms with Crippen molar-refractivity contribution in [2.75, 3.05) is 9.80 Å². The minimum atomic E-state index is 0.414. The Morgan fingerprint density at radius 1 is 0.267 bits per heavy atom. The molecule has 0 amide bonds. The Labute approximate surface area is 531 Å². The Bertz CT molecular complexity index is 4840. The molecule has 0 saturated heterocycles. The zero-order valence-corrected chi connectivity index (χ0v) is 55.4. The molecule has 446 valence electrons. The van der Waals surface area contributed by atoms with Crippen molar-refractivity contribution in [1.82, 2.24) is 8.80 Å². The normalized spacial score (nSPS) is 12.4. The number of aromatic nitrogens is 2. The monoisotopic (exact) mass is 1170 g/mol. The molecule has 11 aromatic carbocycles. The molecule has 15 rings (SSSR count). The molecule has 4 heterocycles. The van der Waals surface area contributed by atoms with Gasteiger partial charge in [0.25, 0.3) is 0 Å². The fourth-order valence-corrected chi connectivity index (χ4v) is 17.7. The maximum atomic E-state index is 2.67. The molecule has 4 nitrogen and oxygen atoms in total. The molecule has 4 aromatic heterocycles. The number of fused-ring (bicyclic) bond motifs is 12. The second-order valence-electron chi connectivity index (χ2n) is 27.6. The lowest BCUT2D eigenvalue weighted by Crippen LogP contribution is -2.13. The molecule has 0 atom stereocenters. The summed E-state index contributed by atoms with van der Waals surface area (Å²) >= 11 is 0. The molecule has 0 saturated carbocycles. The van der Waals surface area contributed by atoms with Gasteiger partial charge in [-0.1, -0.05) is 165 Å². The summed E-state index contributed by atoms with van der Waals surface area (Å²) in [7, 11) is 0.